The molecule has 1 fully saturated rings. The van der Waals surface area contributed by atoms with Crippen molar-refractivity contribution in [1.29, 1.82) is 0 Å². The fraction of sp³-hybridized carbons (Fsp3) is 0.389. The molecule has 0 atom stereocenters. The van der Waals surface area contributed by atoms with E-state index in [4.69, 9.17) is 10.5 Å². The van der Waals surface area contributed by atoms with Gasteiger partial charge in [-0.25, -0.2) is 19.2 Å². The van der Waals surface area contributed by atoms with Crippen molar-refractivity contribution in [1.82, 2.24) is 14.9 Å². The van der Waals surface area contributed by atoms with Crippen LogP contribution < -0.4 is 16.0 Å². The lowest BCUT2D eigenvalue weighted by molar-refractivity contribution is 0.105. The van der Waals surface area contributed by atoms with Crippen molar-refractivity contribution in [2.24, 2.45) is 0 Å². The van der Waals surface area contributed by atoms with Gasteiger partial charge in [-0.1, -0.05) is 12.1 Å². The van der Waals surface area contributed by atoms with Gasteiger partial charge in [-0.2, -0.15) is 0 Å². The normalized spacial score (nSPS) is 14.1. The maximum absolute atomic E-state index is 13.0. The summed E-state index contributed by atoms with van der Waals surface area (Å²) in [5, 5.41) is 3.16. The highest BCUT2D eigenvalue weighted by Gasteiger charge is 2.24. The fourth-order valence-corrected chi connectivity index (χ4v) is 2.88. The molecule has 2 aromatic rings. The number of halogens is 1. The topological polar surface area (TPSA) is 96.6 Å². The predicted octanol–water partition coefficient (Wildman–Crippen LogP) is 2.09. The zero-order chi connectivity index (χ0) is 19.2. The molecule has 1 saturated heterocycles. The zero-order valence-corrected chi connectivity index (χ0v) is 15.2. The molecule has 1 aromatic carbocycles. The highest BCUT2D eigenvalue weighted by atomic mass is 19.1. The largest absolute Gasteiger partial charge is 0.450 e. The van der Waals surface area contributed by atoms with E-state index in [1.54, 1.807) is 24.0 Å². The van der Waals surface area contributed by atoms with Gasteiger partial charge >= 0.3 is 6.09 Å². The first-order chi connectivity index (χ1) is 13.1. The quantitative estimate of drug-likeness (QED) is 0.827. The fourth-order valence-electron chi connectivity index (χ4n) is 2.88. The summed E-state index contributed by atoms with van der Waals surface area (Å²) in [7, 11) is 0. The molecule has 0 radical (unpaired) electrons. The van der Waals surface area contributed by atoms with Crippen molar-refractivity contribution in [3.63, 3.8) is 0 Å². The molecule has 0 saturated carbocycles. The number of piperazine rings is 1. The second-order valence-corrected chi connectivity index (χ2v) is 6.11. The third-order valence-electron chi connectivity index (χ3n) is 4.34. The molecule has 0 unspecified atom stereocenters. The number of nitrogens with one attached hydrogen (secondary N) is 1. The lowest BCUT2D eigenvalue weighted by atomic mass is 10.2. The van der Waals surface area contributed by atoms with Gasteiger partial charge in [0.05, 0.1) is 6.61 Å². The number of carbonyl (C=O) groups excluding carboxylic acids is 1. The number of nitrogen functional groups attached to an aromatic ring is 1. The molecule has 0 aliphatic carbocycles. The summed E-state index contributed by atoms with van der Waals surface area (Å²) in [5.41, 5.74) is 7.61. The predicted molar refractivity (Wildman–Crippen MR) is 101 cm³/mol. The second kappa shape index (κ2) is 8.52. The summed E-state index contributed by atoms with van der Waals surface area (Å²) in [6, 6.07) is 6.23. The van der Waals surface area contributed by atoms with Gasteiger partial charge in [-0.3, -0.25) is 0 Å². The van der Waals surface area contributed by atoms with Crippen LogP contribution in [0.3, 0.4) is 0 Å². The molecule has 1 aromatic heterocycles. The molecular formula is C18H23FN6O2. The molecule has 9 heteroatoms. The van der Waals surface area contributed by atoms with E-state index in [1.165, 1.54) is 18.5 Å². The number of aromatic nitrogens is 2. The lowest BCUT2D eigenvalue weighted by Gasteiger charge is -2.35. The lowest BCUT2D eigenvalue weighted by Crippen LogP contribution is -2.49. The van der Waals surface area contributed by atoms with Crippen LogP contribution in [0.5, 0.6) is 0 Å². The van der Waals surface area contributed by atoms with Gasteiger partial charge < -0.3 is 25.6 Å². The monoisotopic (exact) mass is 374 g/mol. The number of hydrogen-bond acceptors (Lipinski definition) is 7. The minimum Gasteiger partial charge on any atom is -0.450 e. The Bertz CT molecular complexity index is 778. The average Bonchev–Trinajstić information content (AvgIpc) is 2.69. The van der Waals surface area contributed by atoms with Crippen LogP contribution in [0, 0.1) is 5.82 Å². The summed E-state index contributed by atoms with van der Waals surface area (Å²) >= 11 is 0. The molecule has 3 rings (SSSR count). The molecule has 144 valence electrons. The molecule has 27 heavy (non-hydrogen) atoms. The van der Waals surface area contributed by atoms with Crippen LogP contribution in [-0.4, -0.2) is 53.7 Å². The van der Waals surface area contributed by atoms with Gasteiger partial charge in [-0.05, 0) is 24.6 Å². The Labute approximate surface area is 157 Å². The van der Waals surface area contributed by atoms with Crippen molar-refractivity contribution >= 4 is 23.4 Å². The van der Waals surface area contributed by atoms with E-state index in [9.17, 15) is 9.18 Å². The van der Waals surface area contributed by atoms with Crippen LogP contribution in [0.25, 0.3) is 0 Å². The maximum Gasteiger partial charge on any atom is 0.409 e. The Morgan fingerprint density at radius 1 is 1.22 bits per heavy atom. The van der Waals surface area contributed by atoms with E-state index in [0.29, 0.717) is 56.7 Å². The molecule has 1 amide bonds. The smallest absolute Gasteiger partial charge is 0.409 e. The summed E-state index contributed by atoms with van der Waals surface area (Å²) in [6.45, 7) is 4.92. The van der Waals surface area contributed by atoms with Crippen molar-refractivity contribution in [2.45, 2.75) is 13.5 Å². The number of nitrogens with two attached hydrogens (primary N) is 1. The Morgan fingerprint density at radius 2 is 1.93 bits per heavy atom. The Balaban J connectivity index is 1.63. The Hall–Kier alpha value is -3.10. The van der Waals surface area contributed by atoms with Gasteiger partial charge in [0, 0.05) is 32.7 Å². The Kier molecular flexibility index (Phi) is 5.90. The zero-order valence-electron chi connectivity index (χ0n) is 15.2. The number of carbonyl (C=O) groups is 1. The molecular weight excluding hydrogens is 351 g/mol. The summed E-state index contributed by atoms with van der Waals surface area (Å²) in [4.78, 5) is 24.0. The van der Waals surface area contributed by atoms with E-state index in [0.717, 1.165) is 5.56 Å². The molecule has 1 aliphatic heterocycles. The van der Waals surface area contributed by atoms with Crippen LogP contribution in [0.4, 0.5) is 26.5 Å². The second-order valence-electron chi connectivity index (χ2n) is 6.11. The molecule has 3 N–H and O–H groups in total. The summed E-state index contributed by atoms with van der Waals surface area (Å²) in [6.07, 6.45) is 1.16. The van der Waals surface area contributed by atoms with Crippen LogP contribution in [0.1, 0.15) is 12.5 Å². The third-order valence-corrected chi connectivity index (χ3v) is 4.34. The van der Waals surface area contributed by atoms with Crippen LogP contribution in [0.15, 0.2) is 30.6 Å². The minimum absolute atomic E-state index is 0.274. The van der Waals surface area contributed by atoms with E-state index in [2.05, 4.69) is 15.3 Å². The molecule has 8 nitrogen and oxygen atoms in total. The summed E-state index contributed by atoms with van der Waals surface area (Å²) in [5.74, 6) is 0.886. The van der Waals surface area contributed by atoms with Gasteiger partial charge in [0.2, 0.25) is 0 Å². The minimum atomic E-state index is -0.297. The van der Waals surface area contributed by atoms with Gasteiger partial charge in [-0.15, -0.1) is 0 Å². The number of amides is 1. The SMILES string of the molecule is CCOC(=O)N1CCN(c2ncnc(NCc3ccc(F)cc3)c2N)CC1. The number of nitrogens with zero attached hydrogens (tertiary/aromatic N) is 4. The van der Waals surface area contributed by atoms with Gasteiger partial charge in [0.15, 0.2) is 11.6 Å². The van der Waals surface area contributed by atoms with Gasteiger partial charge in [0.25, 0.3) is 0 Å². The number of anilines is 3. The average molecular weight is 374 g/mol. The number of benzene rings is 1. The first-order valence-corrected chi connectivity index (χ1v) is 8.84. The van der Waals surface area contributed by atoms with Crippen molar-refractivity contribution in [3.05, 3.63) is 42.0 Å². The van der Waals surface area contributed by atoms with Crippen molar-refractivity contribution in [2.75, 3.05) is 48.7 Å². The first kappa shape index (κ1) is 18.7. The third kappa shape index (κ3) is 4.55. The summed E-state index contributed by atoms with van der Waals surface area (Å²) < 4.78 is 18.0. The van der Waals surface area contributed by atoms with Crippen LogP contribution in [0.2, 0.25) is 0 Å². The first-order valence-electron chi connectivity index (χ1n) is 8.84. The molecule has 0 bridgehead atoms. The molecule has 0 spiro atoms. The van der Waals surface area contributed by atoms with Crippen molar-refractivity contribution < 1.29 is 13.9 Å². The highest BCUT2D eigenvalue weighted by molar-refractivity contribution is 5.75. The number of ether oxygens (including phenoxy) is 1. The van der Waals surface area contributed by atoms with E-state index in [-0.39, 0.29) is 11.9 Å². The standard InChI is InChI=1S/C18H23FN6O2/c1-2-27-18(26)25-9-7-24(8-10-25)17-15(20)16(22-12-23-17)21-11-13-3-5-14(19)6-4-13/h3-6,12H,2,7-11,20H2,1H3,(H,21,22,23). The maximum atomic E-state index is 13.0. The van der Waals surface area contributed by atoms with E-state index in [1.807, 2.05) is 4.90 Å². The Morgan fingerprint density at radius 3 is 2.59 bits per heavy atom. The van der Waals surface area contributed by atoms with Crippen LogP contribution in [-0.2, 0) is 11.3 Å². The van der Waals surface area contributed by atoms with E-state index < -0.39 is 0 Å². The molecule has 1 aliphatic rings. The number of hydrogen-bond donors (Lipinski definition) is 2. The van der Waals surface area contributed by atoms with Crippen molar-refractivity contribution in [3.8, 4) is 0 Å². The van der Waals surface area contributed by atoms with E-state index >= 15 is 0 Å². The molecule has 2 heterocycles. The number of rotatable bonds is 5. The van der Waals surface area contributed by atoms with Gasteiger partial charge in [0.1, 0.15) is 17.8 Å². The highest BCUT2D eigenvalue weighted by Crippen LogP contribution is 2.27. The van der Waals surface area contributed by atoms with Crippen LogP contribution >= 0.6 is 0 Å².